The minimum atomic E-state index is 0.127. The molecule has 2 saturated heterocycles. The molecule has 3 heterocycles. The minimum Gasteiger partial charge on any atom is -0.369 e. The number of aromatic nitrogens is 1. The topological polar surface area (TPSA) is 39.7 Å². The molecule has 1 aromatic carbocycles. The maximum absolute atomic E-state index is 12.6. The molecule has 0 aliphatic carbocycles. The van der Waals surface area contributed by atoms with Crippen LogP contribution in [0.25, 0.3) is 0 Å². The number of anilines is 1. The summed E-state index contributed by atoms with van der Waals surface area (Å²) >= 11 is 6.13. The molecular formula is C21H25ClN4O. The zero-order chi connectivity index (χ0) is 18.6. The number of piperidine rings is 1. The maximum atomic E-state index is 12.6. The molecule has 0 unspecified atom stereocenters. The second-order valence-corrected chi connectivity index (χ2v) is 7.70. The molecule has 142 valence electrons. The van der Waals surface area contributed by atoms with Gasteiger partial charge >= 0.3 is 0 Å². The average molecular weight is 385 g/mol. The summed E-state index contributed by atoms with van der Waals surface area (Å²) in [6, 6.07) is 12.3. The number of amides is 1. The Balaban J connectivity index is 1.28. The van der Waals surface area contributed by atoms with E-state index in [9.17, 15) is 4.79 Å². The van der Waals surface area contributed by atoms with Crippen LogP contribution in [-0.2, 0) is 0 Å². The molecule has 5 nitrogen and oxygen atoms in total. The largest absolute Gasteiger partial charge is 0.369 e. The van der Waals surface area contributed by atoms with E-state index in [4.69, 9.17) is 11.6 Å². The number of halogens is 1. The Morgan fingerprint density at radius 3 is 2.33 bits per heavy atom. The van der Waals surface area contributed by atoms with E-state index in [-0.39, 0.29) is 5.91 Å². The highest BCUT2D eigenvalue weighted by atomic mass is 35.5. The number of piperazine rings is 1. The van der Waals surface area contributed by atoms with Crippen LogP contribution >= 0.6 is 11.6 Å². The number of nitrogens with zero attached hydrogens (tertiary/aromatic N) is 4. The van der Waals surface area contributed by atoms with Gasteiger partial charge in [0.25, 0.3) is 5.91 Å². The van der Waals surface area contributed by atoms with Crippen LogP contribution in [-0.4, -0.2) is 66.0 Å². The van der Waals surface area contributed by atoms with Crippen molar-refractivity contribution in [2.45, 2.75) is 18.9 Å². The Hall–Kier alpha value is -2.11. The summed E-state index contributed by atoms with van der Waals surface area (Å²) in [4.78, 5) is 23.5. The fraction of sp³-hybridized carbons (Fsp3) is 0.429. The van der Waals surface area contributed by atoms with Gasteiger partial charge in [-0.2, -0.15) is 0 Å². The third-order valence-electron chi connectivity index (χ3n) is 5.68. The van der Waals surface area contributed by atoms with E-state index < -0.39 is 0 Å². The molecule has 0 spiro atoms. The smallest absolute Gasteiger partial charge is 0.253 e. The van der Waals surface area contributed by atoms with Crippen molar-refractivity contribution in [3.05, 3.63) is 59.4 Å². The van der Waals surface area contributed by atoms with Crippen LogP contribution in [0.5, 0.6) is 0 Å². The summed E-state index contributed by atoms with van der Waals surface area (Å²) < 4.78 is 0. The van der Waals surface area contributed by atoms with E-state index in [0.29, 0.717) is 6.04 Å². The number of rotatable bonds is 3. The van der Waals surface area contributed by atoms with E-state index in [1.165, 1.54) is 5.69 Å². The van der Waals surface area contributed by atoms with Crippen molar-refractivity contribution in [1.82, 2.24) is 14.8 Å². The lowest BCUT2D eigenvalue weighted by atomic mass is 10.0. The number of hydrogen-bond donors (Lipinski definition) is 0. The van der Waals surface area contributed by atoms with Crippen LogP contribution < -0.4 is 4.90 Å². The Labute approximate surface area is 165 Å². The molecule has 0 saturated carbocycles. The SMILES string of the molecule is O=C(c1ccncc1)N1CCC(N2CCN(c3cccc(Cl)c3)CC2)CC1. The monoisotopic (exact) mass is 384 g/mol. The summed E-state index contributed by atoms with van der Waals surface area (Å²) in [5, 5.41) is 0.793. The number of likely N-dealkylation sites (tertiary alicyclic amines) is 1. The van der Waals surface area contributed by atoms with Gasteiger partial charge in [-0.3, -0.25) is 14.7 Å². The summed E-state index contributed by atoms with van der Waals surface area (Å²) in [6.07, 6.45) is 5.46. The zero-order valence-corrected chi connectivity index (χ0v) is 16.2. The molecular weight excluding hydrogens is 360 g/mol. The van der Waals surface area contributed by atoms with Crippen LogP contribution in [0.15, 0.2) is 48.8 Å². The van der Waals surface area contributed by atoms with Crippen molar-refractivity contribution in [2.75, 3.05) is 44.2 Å². The van der Waals surface area contributed by atoms with Crippen LogP contribution in [0.3, 0.4) is 0 Å². The quantitative estimate of drug-likeness (QED) is 0.815. The Kier molecular flexibility index (Phi) is 5.60. The average Bonchev–Trinajstić information content (AvgIpc) is 2.74. The van der Waals surface area contributed by atoms with Gasteiger partial charge in [-0.25, -0.2) is 0 Å². The molecule has 2 aliphatic rings. The van der Waals surface area contributed by atoms with Crippen LogP contribution in [0.1, 0.15) is 23.2 Å². The van der Waals surface area contributed by atoms with Gasteiger partial charge in [0.2, 0.25) is 0 Å². The number of pyridine rings is 1. The highest BCUT2D eigenvalue weighted by Gasteiger charge is 2.29. The molecule has 4 rings (SSSR count). The minimum absolute atomic E-state index is 0.127. The van der Waals surface area contributed by atoms with Gasteiger partial charge in [0.15, 0.2) is 0 Å². The summed E-state index contributed by atoms with van der Waals surface area (Å²) in [7, 11) is 0. The Bertz CT molecular complexity index is 769. The standard InChI is InChI=1S/C21H25ClN4O/c22-18-2-1-3-20(16-18)25-14-12-24(13-15-25)19-6-10-26(11-7-19)21(27)17-4-8-23-9-5-17/h1-5,8-9,16,19H,6-7,10-15H2. The lowest BCUT2D eigenvalue weighted by Crippen LogP contribution is -2.53. The van der Waals surface area contributed by atoms with Crippen molar-refractivity contribution in [1.29, 1.82) is 0 Å². The number of carbonyl (C=O) groups excluding carboxylic acids is 1. The third kappa shape index (κ3) is 4.25. The van der Waals surface area contributed by atoms with E-state index in [0.717, 1.165) is 62.7 Å². The second kappa shape index (κ2) is 8.28. The highest BCUT2D eigenvalue weighted by Crippen LogP contribution is 2.24. The molecule has 0 bridgehead atoms. The van der Waals surface area contributed by atoms with E-state index in [1.54, 1.807) is 24.5 Å². The normalized spacial score (nSPS) is 19.3. The van der Waals surface area contributed by atoms with E-state index >= 15 is 0 Å². The van der Waals surface area contributed by atoms with Crippen molar-refractivity contribution >= 4 is 23.2 Å². The summed E-state index contributed by atoms with van der Waals surface area (Å²) in [5.41, 5.74) is 1.94. The second-order valence-electron chi connectivity index (χ2n) is 7.26. The molecule has 27 heavy (non-hydrogen) atoms. The van der Waals surface area contributed by atoms with Gasteiger partial charge in [-0.1, -0.05) is 17.7 Å². The first kappa shape index (κ1) is 18.3. The van der Waals surface area contributed by atoms with Gasteiger partial charge in [-0.05, 0) is 43.2 Å². The first-order chi connectivity index (χ1) is 13.2. The molecule has 1 aromatic heterocycles. The molecule has 0 atom stereocenters. The molecule has 2 aromatic rings. The number of hydrogen-bond acceptors (Lipinski definition) is 4. The predicted molar refractivity (Wildman–Crippen MR) is 108 cm³/mol. The molecule has 0 N–H and O–H groups in total. The summed E-state index contributed by atoms with van der Waals surface area (Å²) in [6.45, 7) is 5.85. The molecule has 6 heteroatoms. The van der Waals surface area contributed by atoms with Gasteiger partial charge < -0.3 is 9.80 Å². The van der Waals surface area contributed by atoms with Crippen LogP contribution in [0.2, 0.25) is 5.02 Å². The zero-order valence-electron chi connectivity index (χ0n) is 15.4. The van der Waals surface area contributed by atoms with Gasteiger partial charge in [-0.15, -0.1) is 0 Å². The lowest BCUT2D eigenvalue weighted by molar-refractivity contribution is 0.0611. The molecule has 0 radical (unpaired) electrons. The fourth-order valence-corrected chi connectivity index (χ4v) is 4.31. The fourth-order valence-electron chi connectivity index (χ4n) is 4.13. The first-order valence-corrected chi connectivity index (χ1v) is 10.0. The van der Waals surface area contributed by atoms with Crippen molar-refractivity contribution in [2.24, 2.45) is 0 Å². The van der Waals surface area contributed by atoms with Gasteiger partial charge in [0.1, 0.15) is 0 Å². The van der Waals surface area contributed by atoms with Crippen molar-refractivity contribution in [3.8, 4) is 0 Å². The maximum Gasteiger partial charge on any atom is 0.253 e. The highest BCUT2D eigenvalue weighted by molar-refractivity contribution is 6.30. The summed E-state index contributed by atoms with van der Waals surface area (Å²) in [5.74, 6) is 0.127. The van der Waals surface area contributed by atoms with Gasteiger partial charge in [0, 0.05) is 74.0 Å². The van der Waals surface area contributed by atoms with Crippen LogP contribution in [0.4, 0.5) is 5.69 Å². The van der Waals surface area contributed by atoms with Crippen LogP contribution in [0, 0.1) is 0 Å². The Morgan fingerprint density at radius 1 is 0.963 bits per heavy atom. The lowest BCUT2D eigenvalue weighted by Gasteiger charge is -2.43. The molecule has 2 aliphatic heterocycles. The van der Waals surface area contributed by atoms with E-state index in [1.807, 2.05) is 23.1 Å². The van der Waals surface area contributed by atoms with Gasteiger partial charge in [0.05, 0.1) is 0 Å². The number of benzene rings is 1. The molecule has 2 fully saturated rings. The number of carbonyl (C=O) groups is 1. The van der Waals surface area contributed by atoms with E-state index in [2.05, 4.69) is 20.9 Å². The predicted octanol–water partition coefficient (Wildman–Crippen LogP) is 3.16. The first-order valence-electron chi connectivity index (χ1n) is 9.64. The van der Waals surface area contributed by atoms with Crippen molar-refractivity contribution < 1.29 is 4.79 Å². The third-order valence-corrected chi connectivity index (χ3v) is 5.92. The van der Waals surface area contributed by atoms with Crippen molar-refractivity contribution in [3.63, 3.8) is 0 Å². The molecule has 1 amide bonds. The Morgan fingerprint density at radius 2 is 1.67 bits per heavy atom.